The van der Waals surface area contributed by atoms with Gasteiger partial charge in [0.05, 0.1) is 0 Å². The molecule has 0 atom stereocenters. The number of carbonyl (C=O) groups is 2. The number of nitrogens with one attached hydrogen (secondary N) is 2. The van der Waals surface area contributed by atoms with Gasteiger partial charge in [-0.1, -0.05) is 0 Å². The summed E-state index contributed by atoms with van der Waals surface area (Å²) in [5.74, 6) is 1.08. The Balaban J connectivity index is 1.19. The molecule has 29 heavy (non-hydrogen) atoms. The van der Waals surface area contributed by atoms with E-state index in [-0.39, 0.29) is 24.5 Å². The smallest absolute Gasteiger partial charge is 0.253 e. The van der Waals surface area contributed by atoms with Gasteiger partial charge in [-0.15, -0.1) is 0 Å². The topological polar surface area (TPSA) is 109 Å². The summed E-state index contributed by atoms with van der Waals surface area (Å²) in [5, 5.41) is 13.5. The van der Waals surface area contributed by atoms with Crippen LogP contribution in [0.25, 0.3) is 11.0 Å². The maximum Gasteiger partial charge on any atom is 0.253 e. The average Bonchev–Trinajstić information content (AvgIpc) is 3.41. The van der Waals surface area contributed by atoms with Gasteiger partial charge in [0.1, 0.15) is 11.0 Å². The van der Waals surface area contributed by atoms with Crippen LogP contribution in [-0.4, -0.2) is 52.0 Å². The molecule has 0 radical (unpaired) electrons. The van der Waals surface area contributed by atoms with Crippen LogP contribution < -0.4 is 14.8 Å². The first-order chi connectivity index (χ1) is 14.2. The van der Waals surface area contributed by atoms with Crippen molar-refractivity contribution in [3.63, 3.8) is 0 Å². The zero-order valence-corrected chi connectivity index (χ0v) is 15.6. The number of hydrogen-bond acceptors (Lipinski definition) is 6. The Bertz CT molecular complexity index is 1090. The maximum absolute atomic E-state index is 12.8. The fourth-order valence-electron chi connectivity index (χ4n) is 3.72. The van der Waals surface area contributed by atoms with Crippen molar-refractivity contribution in [2.45, 2.75) is 12.8 Å². The zero-order valence-electron chi connectivity index (χ0n) is 15.6. The first-order valence-electron chi connectivity index (χ1n) is 9.48. The van der Waals surface area contributed by atoms with Crippen molar-refractivity contribution in [2.75, 3.05) is 25.2 Å². The summed E-state index contributed by atoms with van der Waals surface area (Å²) in [7, 11) is 0. The van der Waals surface area contributed by atoms with Crippen LogP contribution in [0.15, 0.2) is 36.4 Å². The number of hydrogen-bond donors (Lipinski definition) is 2. The fourth-order valence-corrected chi connectivity index (χ4v) is 3.72. The second-order valence-corrected chi connectivity index (χ2v) is 7.15. The molecular formula is C20H19N5O4. The first-order valence-corrected chi connectivity index (χ1v) is 9.48. The molecule has 3 aromatic rings. The minimum atomic E-state index is -0.137. The Morgan fingerprint density at radius 2 is 1.79 bits per heavy atom. The number of amides is 2. The number of aromatic nitrogens is 3. The standard InChI is InChI=1S/C20H19N5O4/c26-19(21-14-2-4-17-18(10-14)29-11-28-17)12-5-7-25(8-6-12)20(27)13-1-3-15-16(9-13)23-24-22-15/h1-4,9-10,12H,5-8,11H2,(H,21,26)(H,22,23,24). The average molecular weight is 393 g/mol. The van der Waals surface area contributed by atoms with E-state index in [1.54, 1.807) is 41.3 Å². The minimum Gasteiger partial charge on any atom is -0.454 e. The number of piperidine rings is 1. The summed E-state index contributed by atoms with van der Waals surface area (Å²) in [6.45, 7) is 1.27. The molecule has 5 rings (SSSR count). The van der Waals surface area contributed by atoms with Crippen LogP contribution in [0.4, 0.5) is 5.69 Å². The van der Waals surface area contributed by atoms with Gasteiger partial charge in [0.25, 0.3) is 5.91 Å². The van der Waals surface area contributed by atoms with E-state index in [1.165, 1.54) is 0 Å². The third-order valence-corrected chi connectivity index (χ3v) is 5.36. The maximum atomic E-state index is 12.8. The second-order valence-electron chi connectivity index (χ2n) is 7.15. The molecule has 1 fully saturated rings. The summed E-state index contributed by atoms with van der Waals surface area (Å²) in [4.78, 5) is 27.2. The van der Waals surface area contributed by atoms with Gasteiger partial charge >= 0.3 is 0 Å². The van der Waals surface area contributed by atoms with E-state index in [1.807, 2.05) is 0 Å². The first kappa shape index (κ1) is 17.5. The molecular weight excluding hydrogens is 374 g/mol. The number of benzene rings is 2. The molecule has 0 bridgehead atoms. The zero-order chi connectivity index (χ0) is 19.8. The Hall–Kier alpha value is -3.62. The normalized spacial score (nSPS) is 16.2. The lowest BCUT2D eigenvalue weighted by atomic mass is 9.95. The predicted octanol–water partition coefficient (Wildman–Crippen LogP) is 2.18. The number of aromatic amines is 1. The molecule has 0 spiro atoms. The van der Waals surface area contributed by atoms with Crippen LogP contribution in [0, 0.1) is 5.92 Å². The van der Waals surface area contributed by atoms with Crippen LogP contribution >= 0.6 is 0 Å². The molecule has 9 nitrogen and oxygen atoms in total. The van der Waals surface area contributed by atoms with Gasteiger partial charge in [-0.3, -0.25) is 9.59 Å². The lowest BCUT2D eigenvalue weighted by molar-refractivity contribution is -0.121. The van der Waals surface area contributed by atoms with Gasteiger partial charge in [-0.2, -0.15) is 15.4 Å². The molecule has 3 heterocycles. The van der Waals surface area contributed by atoms with E-state index in [2.05, 4.69) is 20.7 Å². The van der Waals surface area contributed by atoms with E-state index in [4.69, 9.17) is 9.47 Å². The summed E-state index contributed by atoms with van der Waals surface area (Å²) in [6, 6.07) is 10.6. The molecule has 2 aliphatic heterocycles. The van der Waals surface area contributed by atoms with Crippen LogP contribution in [0.1, 0.15) is 23.2 Å². The molecule has 2 aliphatic rings. The third kappa shape index (κ3) is 3.35. The number of anilines is 1. The quantitative estimate of drug-likeness (QED) is 0.706. The number of rotatable bonds is 3. The van der Waals surface area contributed by atoms with Crippen LogP contribution in [-0.2, 0) is 4.79 Å². The van der Waals surface area contributed by atoms with Crippen molar-refractivity contribution in [1.29, 1.82) is 0 Å². The highest BCUT2D eigenvalue weighted by Crippen LogP contribution is 2.34. The number of H-pyrrole nitrogens is 1. The molecule has 0 unspecified atom stereocenters. The minimum absolute atomic E-state index is 0.0417. The fraction of sp³-hybridized carbons (Fsp3) is 0.300. The summed E-state index contributed by atoms with van der Waals surface area (Å²) in [6.07, 6.45) is 1.24. The Kier molecular flexibility index (Phi) is 4.27. The van der Waals surface area contributed by atoms with E-state index >= 15 is 0 Å². The molecule has 148 valence electrons. The number of fused-ring (bicyclic) bond motifs is 2. The number of ether oxygens (including phenoxy) is 2. The third-order valence-electron chi connectivity index (χ3n) is 5.36. The molecule has 2 aromatic carbocycles. The highest BCUT2D eigenvalue weighted by Gasteiger charge is 2.28. The van der Waals surface area contributed by atoms with Gasteiger partial charge < -0.3 is 19.7 Å². The summed E-state index contributed by atoms with van der Waals surface area (Å²) in [5.41, 5.74) is 2.64. The Morgan fingerprint density at radius 3 is 2.66 bits per heavy atom. The molecule has 2 N–H and O–H groups in total. The molecule has 9 heteroatoms. The predicted molar refractivity (Wildman–Crippen MR) is 104 cm³/mol. The van der Waals surface area contributed by atoms with Gasteiger partial charge in [-0.05, 0) is 43.2 Å². The molecule has 2 amide bonds. The van der Waals surface area contributed by atoms with Gasteiger partial charge in [0.2, 0.25) is 12.7 Å². The van der Waals surface area contributed by atoms with Crippen molar-refractivity contribution < 1.29 is 19.1 Å². The van der Waals surface area contributed by atoms with Crippen LogP contribution in [0.5, 0.6) is 11.5 Å². The van der Waals surface area contributed by atoms with Crippen molar-refractivity contribution in [1.82, 2.24) is 20.3 Å². The molecule has 1 aromatic heterocycles. The highest BCUT2D eigenvalue weighted by molar-refractivity contribution is 5.97. The monoisotopic (exact) mass is 393 g/mol. The van der Waals surface area contributed by atoms with E-state index in [0.29, 0.717) is 54.2 Å². The van der Waals surface area contributed by atoms with Gasteiger partial charge in [-0.25, -0.2) is 0 Å². The van der Waals surface area contributed by atoms with Crippen molar-refractivity contribution in [3.8, 4) is 11.5 Å². The number of nitrogens with zero attached hydrogens (tertiary/aromatic N) is 3. The Labute approximate surface area is 166 Å². The number of carbonyl (C=O) groups excluding carboxylic acids is 2. The van der Waals surface area contributed by atoms with Crippen LogP contribution in [0.3, 0.4) is 0 Å². The van der Waals surface area contributed by atoms with Gasteiger partial charge in [0.15, 0.2) is 11.5 Å². The van der Waals surface area contributed by atoms with E-state index < -0.39 is 0 Å². The molecule has 1 saturated heterocycles. The van der Waals surface area contributed by atoms with E-state index in [0.717, 1.165) is 5.52 Å². The molecule has 0 aliphatic carbocycles. The Morgan fingerprint density at radius 1 is 1.00 bits per heavy atom. The second kappa shape index (κ2) is 7.08. The summed E-state index contributed by atoms with van der Waals surface area (Å²) >= 11 is 0. The highest BCUT2D eigenvalue weighted by atomic mass is 16.7. The summed E-state index contributed by atoms with van der Waals surface area (Å²) < 4.78 is 10.6. The number of likely N-dealkylation sites (tertiary alicyclic amines) is 1. The lowest BCUT2D eigenvalue weighted by Crippen LogP contribution is -2.41. The molecule has 0 saturated carbocycles. The van der Waals surface area contributed by atoms with Crippen molar-refractivity contribution >= 4 is 28.5 Å². The van der Waals surface area contributed by atoms with Gasteiger partial charge in [0, 0.05) is 36.3 Å². The van der Waals surface area contributed by atoms with E-state index in [9.17, 15) is 9.59 Å². The lowest BCUT2D eigenvalue weighted by Gasteiger charge is -2.31. The van der Waals surface area contributed by atoms with Crippen LogP contribution in [0.2, 0.25) is 0 Å². The van der Waals surface area contributed by atoms with Crippen molar-refractivity contribution in [2.24, 2.45) is 5.92 Å². The SMILES string of the molecule is O=C(Nc1ccc2c(c1)OCO2)C1CCN(C(=O)c2ccc3n[nH]nc3c2)CC1. The largest absolute Gasteiger partial charge is 0.454 e. The van der Waals surface area contributed by atoms with Crippen molar-refractivity contribution in [3.05, 3.63) is 42.0 Å².